The van der Waals surface area contributed by atoms with Gasteiger partial charge in [0.2, 0.25) is 15.9 Å². The zero-order valence-electron chi connectivity index (χ0n) is 16.2. The first-order valence-electron chi connectivity index (χ1n) is 9.66. The van der Waals surface area contributed by atoms with Gasteiger partial charge in [-0.3, -0.25) is 9.78 Å². The second kappa shape index (κ2) is 7.93. The summed E-state index contributed by atoms with van der Waals surface area (Å²) in [6.07, 6.45) is 2.69. The molecule has 3 aromatic rings. The summed E-state index contributed by atoms with van der Waals surface area (Å²) < 4.78 is 27.1. The molecule has 0 aliphatic carbocycles. The molecule has 1 amide bonds. The Bertz CT molecular complexity index is 1130. The van der Waals surface area contributed by atoms with Crippen molar-refractivity contribution in [2.24, 2.45) is 5.92 Å². The van der Waals surface area contributed by atoms with Gasteiger partial charge in [-0.2, -0.15) is 4.31 Å². The second-order valence-corrected chi connectivity index (χ2v) is 9.30. The van der Waals surface area contributed by atoms with Crippen LogP contribution < -0.4 is 5.32 Å². The van der Waals surface area contributed by atoms with Crippen molar-refractivity contribution in [1.29, 1.82) is 0 Å². The Morgan fingerprint density at radius 2 is 1.72 bits per heavy atom. The van der Waals surface area contributed by atoms with Crippen molar-refractivity contribution in [3.63, 3.8) is 0 Å². The first-order chi connectivity index (χ1) is 13.9. The third-order valence-corrected chi connectivity index (χ3v) is 7.29. The number of sulfonamides is 1. The van der Waals surface area contributed by atoms with Crippen molar-refractivity contribution in [2.75, 3.05) is 18.4 Å². The quantitative estimate of drug-likeness (QED) is 0.714. The van der Waals surface area contributed by atoms with Crippen molar-refractivity contribution in [3.05, 3.63) is 66.4 Å². The largest absolute Gasteiger partial charge is 0.324 e. The van der Waals surface area contributed by atoms with Crippen molar-refractivity contribution in [3.8, 4) is 0 Å². The van der Waals surface area contributed by atoms with E-state index in [9.17, 15) is 13.2 Å². The molecule has 0 bridgehead atoms. The van der Waals surface area contributed by atoms with Crippen molar-refractivity contribution in [2.45, 2.75) is 24.7 Å². The number of nitrogens with zero attached hydrogens (tertiary/aromatic N) is 2. The minimum absolute atomic E-state index is 0.0875. The minimum Gasteiger partial charge on any atom is -0.324 e. The number of hydrogen-bond acceptors (Lipinski definition) is 4. The van der Waals surface area contributed by atoms with Gasteiger partial charge in [-0.1, -0.05) is 35.9 Å². The molecule has 0 spiro atoms. The van der Waals surface area contributed by atoms with Gasteiger partial charge >= 0.3 is 0 Å². The Kier molecular flexibility index (Phi) is 5.34. The van der Waals surface area contributed by atoms with Gasteiger partial charge in [-0.05, 0) is 44.0 Å². The number of pyridine rings is 1. The van der Waals surface area contributed by atoms with Crippen LogP contribution in [0, 0.1) is 12.8 Å². The Morgan fingerprint density at radius 3 is 2.45 bits per heavy atom. The third-order valence-electron chi connectivity index (χ3n) is 5.37. The highest BCUT2D eigenvalue weighted by molar-refractivity contribution is 7.89. The maximum Gasteiger partial charge on any atom is 0.243 e. The van der Waals surface area contributed by atoms with E-state index in [1.54, 1.807) is 30.5 Å². The number of fused-ring (bicyclic) bond motifs is 1. The van der Waals surface area contributed by atoms with E-state index in [0.717, 1.165) is 16.5 Å². The number of hydrogen-bond donors (Lipinski definition) is 1. The highest BCUT2D eigenvalue weighted by atomic mass is 32.2. The molecule has 2 heterocycles. The number of para-hydroxylation sites is 1. The number of nitrogens with one attached hydrogen (secondary N) is 1. The highest BCUT2D eigenvalue weighted by Gasteiger charge is 2.32. The predicted molar refractivity (Wildman–Crippen MR) is 113 cm³/mol. The fourth-order valence-electron chi connectivity index (χ4n) is 3.66. The van der Waals surface area contributed by atoms with Crippen LogP contribution in [-0.2, 0) is 14.8 Å². The summed E-state index contributed by atoms with van der Waals surface area (Å²) in [6, 6.07) is 16.3. The number of aryl methyl sites for hydroxylation is 1. The lowest BCUT2D eigenvalue weighted by atomic mass is 9.97. The summed E-state index contributed by atoms with van der Waals surface area (Å²) in [6.45, 7) is 2.59. The van der Waals surface area contributed by atoms with Gasteiger partial charge < -0.3 is 5.32 Å². The van der Waals surface area contributed by atoms with Gasteiger partial charge in [0.15, 0.2) is 0 Å². The van der Waals surface area contributed by atoms with E-state index in [1.165, 1.54) is 4.31 Å². The molecule has 0 unspecified atom stereocenters. The summed E-state index contributed by atoms with van der Waals surface area (Å²) in [7, 11) is -3.52. The third kappa shape index (κ3) is 4.02. The predicted octanol–water partition coefficient (Wildman–Crippen LogP) is 3.58. The average molecular weight is 410 g/mol. The van der Waals surface area contributed by atoms with E-state index in [1.807, 2.05) is 37.3 Å². The Balaban J connectivity index is 1.43. The average Bonchev–Trinajstić information content (AvgIpc) is 2.74. The molecule has 0 radical (unpaired) electrons. The summed E-state index contributed by atoms with van der Waals surface area (Å²) in [5.74, 6) is -0.311. The van der Waals surface area contributed by atoms with Crippen LogP contribution in [0.1, 0.15) is 18.4 Å². The first kappa shape index (κ1) is 19.5. The normalized spacial score (nSPS) is 16.0. The van der Waals surface area contributed by atoms with E-state index >= 15 is 0 Å². The lowest BCUT2D eigenvalue weighted by Gasteiger charge is -2.30. The smallest absolute Gasteiger partial charge is 0.243 e. The number of amides is 1. The number of rotatable bonds is 4. The maximum absolute atomic E-state index is 12.8. The zero-order valence-corrected chi connectivity index (χ0v) is 17.0. The number of piperidine rings is 1. The van der Waals surface area contributed by atoms with Crippen LogP contribution in [0.15, 0.2) is 65.7 Å². The summed E-state index contributed by atoms with van der Waals surface area (Å²) in [5, 5.41) is 3.94. The summed E-state index contributed by atoms with van der Waals surface area (Å²) in [5.41, 5.74) is 2.45. The molecule has 4 rings (SSSR count). The lowest BCUT2D eigenvalue weighted by molar-refractivity contribution is -0.120. The molecule has 7 heteroatoms. The van der Waals surface area contributed by atoms with Crippen LogP contribution in [0.5, 0.6) is 0 Å². The van der Waals surface area contributed by atoms with Gasteiger partial charge in [0.05, 0.1) is 16.1 Å². The minimum atomic E-state index is -3.52. The van der Waals surface area contributed by atoms with Gasteiger partial charge in [-0.15, -0.1) is 0 Å². The van der Waals surface area contributed by atoms with Crippen molar-refractivity contribution >= 4 is 32.5 Å². The first-order valence-corrected chi connectivity index (χ1v) is 11.1. The summed E-state index contributed by atoms with van der Waals surface area (Å²) in [4.78, 5) is 17.4. The molecule has 150 valence electrons. The molecule has 1 N–H and O–H groups in total. The maximum atomic E-state index is 12.8. The van der Waals surface area contributed by atoms with Gasteiger partial charge in [0.25, 0.3) is 0 Å². The molecule has 1 aliphatic rings. The Hall–Kier alpha value is -2.77. The second-order valence-electron chi connectivity index (χ2n) is 7.36. The topological polar surface area (TPSA) is 79.4 Å². The summed E-state index contributed by atoms with van der Waals surface area (Å²) >= 11 is 0. The van der Waals surface area contributed by atoms with Crippen LogP contribution in [0.4, 0.5) is 5.69 Å². The number of benzene rings is 2. The molecule has 1 aromatic heterocycles. The van der Waals surface area contributed by atoms with E-state index in [-0.39, 0.29) is 11.8 Å². The van der Waals surface area contributed by atoms with E-state index in [2.05, 4.69) is 10.3 Å². The number of aromatic nitrogens is 1. The SMILES string of the molecule is Cc1ccc(S(=O)(=O)N2CCC(C(=O)Nc3cccc4cccnc34)CC2)cc1. The fraction of sp³-hybridized carbons (Fsp3) is 0.273. The number of carbonyl (C=O) groups is 1. The van der Waals surface area contributed by atoms with Crippen molar-refractivity contribution < 1.29 is 13.2 Å². The molecule has 0 saturated carbocycles. The van der Waals surface area contributed by atoms with Crippen LogP contribution in [-0.4, -0.2) is 36.7 Å². The molecule has 1 fully saturated rings. The van der Waals surface area contributed by atoms with Gasteiger partial charge in [-0.25, -0.2) is 8.42 Å². The Labute approximate surface area is 170 Å². The Morgan fingerprint density at radius 1 is 1.03 bits per heavy atom. The monoisotopic (exact) mass is 409 g/mol. The fourth-order valence-corrected chi connectivity index (χ4v) is 5.13. The molecule has 1 saturated heterocycles. The van der Waals surface area contributed by atoms with E-state index < -0.39 is 10.0 Å². The highest BCUT2D eigenvalue weighted by Crippen LogP contribution is 2.26. The van der Waals surface area contributed by atoms with E-state index in [4.69, 9.17) is 0 Å². The van der Waals surface area contributed by atoms with Gasteiger partial charge in [0, 0.05) is 30.6 Å². The van der Waals surface area contributed by atoms with Crippen LogP contribution >= 0.6 is 0 Å². The molecule has 0 atom stereocenters. The van der Waals surface area contributed by atoms with E-state index in [0.29, 0.717) is 36.5 Å². The molecule has 2 aromatic carbocycles. The molecular weight excluding hydrogens is 386 g/mol. The van der Waals surface area contributed by atoms with Crippen LogP contribution in [0.2, 0.25) is 0 Å². The molecule has 29 heavy (non-hydrogen) atoms. The van der Waals surface area contributed by atoms with Crippen LogP contribution in [0.3, 0.4) is 0 Å². The van der Waals surface area contributed by atoms with Crippen molar-refractivity contribution in [1.82, 2.24) is 9.29 Å². The number of carbonyl (C=O) groups excluding carboxylic acids is 1. The molecule has 6 nitrogen and oxygen atoms in total. The molecular formula is C22H23N3O3S. The lowest BCUT2D eigenvalue weighted by Crippen LogP contribution is -2.41. The van der Waals surface area contributed by atoms with Crippen LogP contribution in [0.25, 0.3) is 10.9 Å². The standard InChI is InChI=1S/C22H23N3O3S/c1-16-7-9-19(10-8-16)29(27,28)25-14-11-18(12-15-25)22(26)24-20-6-2-4-17-5-3-13-23-21(17)20/h2-10,13,18H,11-12,14-15H2,1H3,(H,24,26). The van der Waals surface area contributed by atoms with Gasteiger partial charge in [0.1, 0.15) is 0 Å². The molecule has 1 aliphatic heterocycles. The zero-order chi connectivity index (χ0) is 20.4. The number of anilines is 1.